The molecule has 0 spiro atoms. The summed E-state index contributed by atoms with van der Waals surface area (Å²) in [5.74, 6) is -0.761. The second-order valence-corrected chi connectivity index (χ2v) is 8.27. The van der Waals surface area contributed by atoms with Crippen LogP contribution in [-0.2, 0) is 9.59 Å². The Bertz CT molecular complexity index is 793. The maximum Gasteiger partial charge on any atom is 0.294 e. The molecule has 0 aliphatic carbocycles. The number of nitrogens with zero attached hydrogens (tertiary/aromatic N) is 2. The van der Waals surface area contributed by atoms with Gasteiger partial charge in [0.1, 0.15) is 12.3 Å². The average Bonchev–Trinajstić information content (AvgIpc) is 3.17. The molecule has 0 aromatic heterocycles. The number of hydrogen-bond donors (Lipinski definition) is 1. The summed E-state index contributed by atoms with van der Waals surface area (Å²) in [5, 5.41) is 10.0. The van der Waals surface area contributed by atoms with Gasteiger partial charge in [0.15, 0.2) is 0 Å². The molecule has 6 nitrogen and oxygen atoms in total. The highest BCUT2D eigenvalue weighted by Crippen LogP contribution is 2.36. The van der Waals surface area contributed by atoms with Crippen LogP contribution in [0.2, 0.25) is 5.02 Å². The van der Waals surface area contributed by atoms with E-state index in [2.05, 4.69) is 0 Å². The third kappa shape index (κ3) is 3.95. The fourth-order valence-corrected chi connectivity index (χ4v) is 4.56. The van der Waals surface area contributed by atoms with Crippen molar-refractivity contribution in [1.29, 1.82) is 0 Å². The van der Waals surface area contributed by atoms with Gasteiger partial charge in [0.05, 0.1) is 8.48 Å². The molecule has 0 bridgehead atoms. The first kappa shape index (κ1) is 18.5. The van der Waals surface area contributed by atoms with Crippen molar-refractivity contribution in [1.82, 2.24) is 9.80 Å². The van der Waals surface area contributed by atoms with Crippen LogP contribution >= 0.6 is 46.0 Å². The maximum absolute atomic E-state index is 12.5. The number of rotatable bonds is 3. The first-order valence-electron chi connectivity index (χ1n) is 7.58. The summed E-state index contributed by atoms with van der Waals surface area (Å²) in [4.78, 5) is 39.6. The van der Waals surface area contributed by atoms with E-state index in [1.807, 2.05) is 22.6 Å². The van der Waals surface area contributed by atoms with Gasteiger partial charge in [-0.15, -0.1) is 0 Å². The van der Waals surface area contributed by atoms with E-state index < -0.39 is 11.1 Å². The molecule has 1 N–H and O–H groups in total. The number of amides is 3. The van der Waals surface area contributed by atoms with Gasteiger partial charge in [-0.3, -0.25) is 19.3 Å². The molecule has 2 saturated heterocycles. The van der Waals surface area contributed by atoms with Crippen LogP contribution in [-0.4, -0.2) is 51.6 Å². The minimum Gasteiger partial charge on any atom is -0.506 e. The Morgan fingerprint density at radius 2 is 2.00 bits per heavy atom. The van der Waals surface area contributed by atoms with E-state index in [9.17, 15) is 19.5 Å². The van der Waals surface area contributed by atoms with E-state index >= 15 is 0 Å². The van der Waals surface area contributed by atoms with Gasteiger partial charge < -0.3 is 10.0 Å². The van der Waals surface area contributed by atoms with Crippen molar-refractivity contribution in [3.8, 4) is 5.75 Å². The predicted octanol–water partition coefficient (Wildman–Crippen LogP) is 3.31. The van der Waals surface area contributed by atoms with Crippen LogP contribution in [0, 0.1) is 3.57 Å². The van der Waals surface area contributed by atoms with Crippen LogP contribution in [0.1, 0.15) is 18.4 Å². The second kappa shape index (κ2) is 7.55. The number of hydrogen-bond acceptors (Lipinski definition) is 5. The van der Waals surface area contributed by atoms with Gasteiger partial charge in [-0.25, -0.2) is 0 Å². The molecule has 1 aromatic carbocycles. The van der Waals surface area contributed by atoms with Crippen LogP contribution in [0.5, 0.6) is 5.75 Å². The summed E-state index contributed by atoms with van der Waals surface area (Å²) in [5.41, 5.74) is 0.355. The number of phenolic OH excluding ortho intramolecular Hbond substituents is 1. The lowest BCUT2D eigenvalue weighted by molar-refractivity contribution is -0.135. The summed E-state index contributed by atoms with van der Waals surface area (Å²) in [6.45, 7) is 1.08. The molecule has 2 aliphatic heterocycles. The fraction of sp³-hybridized carbons (Fsp3) is 0.312. The second-order valence-electron chi connectivity index (χ2n) is 5.68. The lowest BCUT2D eigenvalue weighted by atomic mass is 10.2. The minimum absolute atomic E-state index is 0.00931. The number of phenols is 1. The molecule has 3 amide bonds. The average molecular weight is 493 g/mol. The Hall–Kier alpha value is -1.26. The quantitative estimate of drug-likeness (QED) is 0.517. The molecule has 2 aliphatic rings. The summed E-state index contributed by atoms with van der Waals surface area (Å²) in [6, 6.07) is 3.11. The third-order valence-electron chi connectivity index (χ3n) is 3.97. The topological polar surface area (TPSA) is 77.9 Å². The van der Waals surface area contributed by atoms with Gasteiger partial charge >= 0.3 is 0 Å². The summed E-state index contributed by atoms with van der Waals surface area (Å²) < 4.78 is 0.541. The van der Waals surface area contributed by atoms with Gasteiger partial charge in [0, 0.05) is 23.7 Å². The molecule has 132 valence electrons. The van der Waals surface area contributed by atoms with E-state index in [1.54, 1.807) is 11.0 Å². The summed E-state index contributed by atoms with van der Waals surface area (Å²) >= 11 is 8.66. The van der Waals surface area contributed by atoms with Crippen molar-refractivity contribution < 1.29 is 19.5 Å². The molecule has 0 saturated carbocycles. The highest BCUT2D eigenvalue weighted by molar-refractivity contribution is 14.1. The van der Waals surface area contributed by atoms with E-state index in [4.69, 9.17) is 11.6 Å². The highest BCUT2D eigenvalue weighted by atomic mass is 127. The maximum atomic E-state index is 12.5. The molecular weight excluding hydrogens is 479 g/mol. The molecule has 25 heavy (non-hydrogen) atoms. The normalized spacial score (nSPS) is 19.4. The zero-order valence-electron chi connectivity index (χ0n) is 13.0. The van der Waals surface area contributed by atoms with Gasteiger partial charge in [-0.05, 0) is 65.4 Å². The first-order valence-corrected chi connectivity index (χ1v) is 9.85. The molecule has 0 atom stereocenters. The van der Waals surface area contributed by atoms with Crippen LogP contribution in [0.4, 0.5) is 4.79 Å². The third-order valence-corrected chi connectivity index (χ3v) is 5.92. The molecule has 2 heterocycles. The van der Waals surface area contributed by atoms with Crippen LogP contribution in [0.15, 0.2) is 17.0 Å². The zero-order valence-corrected chi connectivity index (χ0v) is 16.7. The number of imide groups is 1. The van der Waals surface area contributed by atoms with Crippen molar-refractivity contribution >= 4 is 69.1 Å². The summed E-state index contributed by atoms with van der Waals surface area (Å²) in [7, 11) is 0. The summed E-state index contributed by atoms with van der Waals surface area (Å²) in [6.07, 6.45) is 3.31. The van der Waals surface area contributed by atoms with Gasteiger partial charge in [-0.1, -0.05) is 11.6 Å². The molecule has 0 radical (unpaired) electrons. The van der Waals surface area contributed by atoms with Crippen molar-refractivity contribution in [2.75, 3.05) is 19.6 Å². The van der Waals surface area contributed by atoms with Crippen LogP contribution < -0.4 is 0 Å². The monoisotopic (exact) mass is 492 g/mol. The molecule has 2 fully saturated rings. The van der Waals surface area contributed by atoms with Crippen molar-refractivity contribution in [3.05, 3.63) is 31.2 Å². The Balaban J connectivity index is 1.80. The number of aromatic hydroxyl groups is 1. The molecule has 9 heteroatoms. The Kier molecular flexibility index (Phi) is 5.59. The van der Waals surface area contributed by atoms with Crippen LogP contribution in [0.3, 0.4) is 0 Å². The molecule has 3 rings (SSSR count). The Labute approximate surface area is 167 Å². The van der Waals surface area contributed by atoms with Crippen molar-refractivity contribution in [2.45, 2.75) is 12.8 Å². The lowest BCUT2D eigenvalue weighted by Gasteiger charge is -2.18. The van der Waals surface area contributed by atoms with E-state index in [0.29, 0.717) is 27.2 Å². The Morgan fingerprint density at radius 1 is 1.32 bits per heavy atom. The number of carbonyl (C=O) groups is 3. The van der Waals surface area contributed by atoms with E-state index in [-0.39, 0.29) is 23.1 Å². The minimum atomic E-state index is -0.531. The predicted molar refractivity (Wildman–Crippen MR) is 104 cm³/mol. The molecular formula is C16H14ClIN2O4S. The lowest BCUT2D eigenvalue weighted by Crippen LogP contribution is -2.40. The van der Waals surface area contributed by atoms with Gasteiger partial charge in [-0.2, -0.15) is 0 Å². The largest absolute Gasteiger partial charge is 0.506 e. The highest BCUT2D eigenvalue weighted by Gasteiger charge is 2.37. The standard InChI is InChI=1S/C16H14ClIN2O4S/c17-10-5-9(14(22)11(18)7-10)6-12-15(23)20(16(24)25-12)8-13(21)19-3-1-2-4-19/h5-7,22H,1-4,8H2/b12-6+. The van der Waals surface area contributed by atoms with Gasteiger partial charge in [0.2, 0.25) is 5.91 Å². The zero-order chi connectivity index (χ0) is 18.1. The fourth-order valence-electron chi connectivity index (χ4n) is 2.68. The van der Waals surface area contributed by atoms with E-state index in [1.165, 1.54) is 12.1 Å². The van der Waals surface area contributed by atoms with Crippen molar-refractivity contribution in [3.63, 3.8) is 0 Å². The van der Waals surface area contributed by atoms with Crippen molar-refractivity contribution in [2.24, 2.45) is 0 Å². The van der Waals surface area contributed by atoms with Gasteiger partial charge in [0.25, 0.3) is 11.1 Å². The van der Waals surface area contributed by atoms with E-state index in [0.717, 1.165) is 29.5 Å². The number of thioether (sulfide) groups is 1. The van der Waals surface area contributed by atoms with Crippen LogP contribution in [0.25, 0.3) is 6.08 Å². The first-order chi connectivity index (χ1) is 11.9. The number of likely N-dealkylation sites (tertiary alicyclic amines) is 1. The molecule has 0 unspecified atom stereocenters. The number of benzene rings is 1. The molecule has 1 aromatic rings. The Morgan fingerprint density at radius 3 is 2.68 bits per heavy atom. The smallest absolute Gasteiger partial charge is 0.294 e. The number of halogens is 2. The number of carbonyl (C=O) groups excluding carboxylic acids is 3. The SMILES string of the molecule is O=C(CN1C(=O)S/C(=C/c2cc(Cl)cc(I)c2O)C1=O)N1CCCC1.